The van der Waals surface area contributed by atoms with Gasteiger partial charge in [0.05, 0.1) is 26.4 Å². The molecular formula is C34H54Cl3NO9. The van der Waals surface area contributed by atoms with Gasteiger partial charge in [-0.05, 0) is 44.4 Å². The summed E-state index contributed by atoms with van der Waals surface area (Å²) in [5, 5.41) is 13.5. The highest BCUT2D eigenvalue weighted by atomic mass is 35.6. The summed E-state index contributed by atoms with van der Waals surface area (Å²) in [5.41, 5.74) is 1.05. The van der Waals surface area contributed by atoms with Crippen molar-refractivity contribution in [1.82, 2.24) is 5.32 Å². The van der Waals surface area contributed by atoms with Gasteiger partial charge in [-0.3, -0.25) is 0 Å². The number of rotatable bonds is 20. The van der Waals surface area contributed by atoms with Gasteiger partial charge in [-0.15, -0.1) is 0 Å². The number of amides is 1. The summed E-state index contributed by atoms with van der Waals surface area (Å²) in [6.07, 6.45) is 8.27. The molecule has 0 unspecified atom stereocenters. The Morgan fingerprint density at radius 1 is 1.04 bits per heavy atom. The van der Waals surface area contributed by atoms with Crippen molar-refractivity contribution in [3.05, 3.63) is 29.8 Å². The van der Waals surface area contributed by atoms with Crippen LogP contribution in [0.15, 0.2) is 24.3 Å². The third-order valence-electron chi connectivity index (χ3n) is 8.36. The highest BCUT2D eigenvalue weighted by Crippen LogP contribution is 2.34. The number of alkyl carbamates (subject to hydrolysis) is 1. The Bertz CT molecular complexity index is 1030. The Morgan fingerprint density at radius 2 is 1.70 bits per heavy atom. The zero-order valence-corrected chi connectivity index (χ0v) is 30.5. The standard InChI is InChI=1S/C34H54Cl3NO9/c1-5-6-7-8-9-10-11-12-13-14-26(43-21-24-15-17-25(41-4)18-16-24)19-20-42-30-28(38-32(40)44-23-34(35,36)37)31(39)46-27-22-45-33(2,3)47-29(27)30/h15-18,26-31,39H,5-14,19-23H2,1-4H3,(H,38,40)/t26-,27-,28-,29-,30-,31+/m1/s1. The molecule has 0 radical (unpaired) electrons. The van der Waals surface area contributed by atoms with Gasteiger partial charge >= 0.3 is 6.09 Å². The highest BCUT2D eigenvalue weighted by Gasteiger charge is 2.52. The minimum atomic E-state index is -1.79. The fraction of sp³-hybridized carbons (Fsp3) is 0.794. The number of carbonyl (C=O) groups excluding carboxylic acids is 1. The monoisotopic (exact) mass is 725 g/mol. The van der Waals surface area contributed by atoms with E-state index in [1.807, 2.05) is 24.3 Å². The molecule has 0 aliphatic carbocycles. The Kier molecular flexibility index (Phi) is 17.7. The van der Waals surface area contributed by atoms with Crippen molar-refractivity contribution >= 4 is 40.9 Å². The second kappa shape index (κ2) is 20.6. The number of methoxy groups -OCH3 is 1. The van der Waals surface area contributed by atoms with Crippen molar-refractivity contribution in [3.8, 4) is 5.75 Å². The van der Waals surface area contributed by atoms with Crippen LogP contribution in [0.25, 0.3) is 0 Å². The van der Waals surface area contributed by atoms with E-state index in [4.69, 9.17) is 68.0 Å². The summed E-state index contributed by atoms with van der Waals surface area (Å²) in [7, 11) is 1.64. The molecule has 0 bridgehead atoms. The fourth-order valence-electron chi connectivity index (χ4n) is 5.78. The summed E-state index contributed by atoms with van der Waals surface area (Å²) < 4.78 is 39.1. The first-order valence-electron chi connectivity index (χ1n) is 16.9. The second-order valence-corrected chi connectivity index (χ2v) is 15.3. The molecule has 270 valence electrons. The number of alkyl halides is 3. The highest BCUT2D eigenvalue weighted by molar-refractivity contribution is 6.67. The molecule has 47 heavy (non-hydrogen) atoms. The number of aliphatic hydroxyl groups excluding tert-OH is 1. The van der Waals surface area contributed by atoms with Crippen LogP contribution in [0.1, 0.15) is 97.0 Å². The van der Waals surface area contributed by atoms with Gasteiger partial charge in [-0.1, -0.05) is 112 Å². The summed E-state index contributed by atoms with van der Waals surface area (Å²) in [6.45, 7) is 6.27. The minimum Gasteiger partial charge on any atom is -0.497 e. The number of fused-ring (bicyclic) bond motifs is 1. The van der Waals surface area contributed by atoms with Crippen LogP contribution in [0.4, 0.5) is 4.79 Å². The molecule has 2 N–H and O–H groups in total. The fourth-order valence-corrected chi connectivity index (χ4v) is 5.95. The summed E-state index contributed by atoms with van der Waals surface area (Å²) >= 11 is 17.2. The van der Waals surface area contributed by atoms with Crippen molar-refractivity contribution in [2.75, 3.05) is 26.9 Å². The molecule has 0 saturated carbocycles. The topological polar surface area (TPSA) is 114 Å². The quantitative estimate of drug-likeness (QED) is 0.104. The van der Waals surface area contributed by atoms with Gasteiger partial charge in [0, 0.05) is 6.61 Å². The number of aliphatic hydroxyl groups is 1. The van der Waals surface area contributed by atoms with Crippen LogP contribution in [0.5, 0.6) is 5.75 Å². The first-order valence-corrected chi connectivity index (χ1v) is 18.1. The van der Waals surface area contributed by atoms with Crippen molar-refractivity contribution in [1.29, 1.82) is 0 Å². The molecule has 1 aromatic carbocycles. The van der Waals surface area contributed by atoms with E-state index in [0.29, 0.717) is 13.0 Å². The molecule has 2 aliphatic rings. The zero-order chi connectivity index (χ0) is 34.3. The van der Waals surface area contributed by atoms with E-state index in [2.05, 4.69) is 12.2 Å². The smallest absolute Gasteiger partial charge is 0.407 e. The molecule has 13 heteroatoms. The maximum absolute atomic E-state index is 12.6. The Morgan fingerprint density at radius 3 is 2.34 bits per heavy atom. The average molecular weight is 727 g/mol. The lowest BCUT2D eigenvalue weighted by molar-refractivity contribution is -0.368. The van der Waals surface area contributed by atoms with Crippen LogP contribution in [-0.2, 0) is 35.0 Å². The van der Waals surface area contributed by atoms with Crippen molar-refractivity contribution in [2.45, 2.75) is 144 Å². The lowest BCUT2D eigenvalue weighted by atomic mass is 9.95. The van der Waals surface area contributed by atoms with Gasteiger partial charge in [-0.2, -0.15) is 0 Å². The van der Waals surface area contributed by atoms with Crippen molar-refractivity contribution in [3.63, 3.8) is 0 Å². The van der Waals surface area contributed by atoms with Crippen LogP contribution >= 0.6 is 34.8 Å². The number of nitrogens with one attached hydrogen (secondary N) is 1. The van der Waals surface area contributed by atoms with Gasteiger partial charge < -0.3 is 43.6 Å². The lowest BCUT2D eigenvalue weighted by Gasteiger charge is -2.50. The summed E-state index contributed by atoms with van der Waals surface area (Å²) in [5.74, 6) is -0.127. The largest absolute Gasteiger partial charge is 0.497 e. The number of unbranched alkanes of at least 4 members (excludes halogenated alkanes) is 8. The molecule has 0 aromatic heterocycles. The minimum absolute atomic E-state index is 0.0603. The SMILES string of the molecule is CCCCCCCCCCC[C@H](CCO[C@@H]1[C@@H](NC(=O)OCC(Cl)(Cl)Cl)[C@@H](O)O[C@@H]2COC(C)(C)O[C@@H]12)OCc1ccc(OC)cc1. The summed E-state index contributed by atoms with van der Waals surface area (Å²) in [6, 6.07) is 6.81. The Labute approximate surface area is 295 Å². The second-order valence-electron chi connectivity index (χ2n) is 12.7. The number of benzene rings is 1. The third kappa shape index (κ3) is 15.1. The number of hydrogen-bond acceptors (Lipinski definition) is 9. The van der Waals surface area contributed by atoms with E-state index in [1.165, 1.54) is 44.9 Å². The number of hydrogen-bond donors (Lipinski definition) is 2. The molecule has 6 atom stereocenters. The predicted molar refractivity (Wildman–Crippen MR) is 182 cm³/mol. The van der Waals surface area contributed by atoms with Gasteiger partial charge in [0.2, 0.25) is 3.79 Å². The van der Waals surface area contributed by atoms with E-state index in [0.717, 1.165) is 30.6 Å². The molecule has 0 spiro atoms. The Balaban J connectivity index is 1.62. The maximum atomic E-state index is 12.6. The van der Waals surface area contributed by atoms with E-state index in [-0.39, 0.29) is 19.3 Å². The normalized spacial score (nSPS) is 24.7. The van der Waals surface area contributed by atoms with Gasteiger partial charge in [-0.25, -0.2) is 4.79 Å². The number of carbonyl (C=O) groups is 1. The molecule has 1 aromatic rings. The predicted octanol–water partition coefficient (Wildman–Crippen LogP) is 7.61. The third-order valence-corrected chi connectivity index (χ3v) is 8.68. The van der Waals surface area contributed by atoms with Gasteiger partial charge in [0.15, 0.2) is 12.1 Å². The molecule has 1 amide bonds. The van der Waals surface area contributed by atoms with Crippen molar-refractivity contribution < 1.29 is 43.1 Å². The zero-order valence-electron chi connectivity index (χ0n) is 28.2. The Hall–Kier alpha value is -1.08. The van der Waals surface area contributed by atoms with E-state index in [9.17, 15) is 9.90 Å². The molecular weight excluding hydrogens is 673 g/mol. The molecule has 2 aliphatic heterocycles. The number of ether oxygens (including phenoxy) is 7. The maximum Gasteiger partial charge on any atom is 0.407 e. The molecule has 2 fully saturated rings. The van der Waals surface area contributed by atoms with Crippen LogP contribution in [0.3, 0.4) is 0 Å². The first-order chi connectivity index (χ1) is 22.4. The molecule has 2 heterocycles. The first kappa shape index (κ1) is 40.4. The van der Waals surface area contributed by atoms with Gasteiger partial charge in [0.1, 0.15) is 36.7 Å². The average Bonchev–Trinajstić information content (AvgIpc) is 3.02. The molecule has 10 nitrogen and oxygen atoms in total. The van der Waals surface area contributed by atoms with Crippen molar-refractivity contribution in [2.24, 2.45) is 0 Å². The summed E-state index contributed by atoms with van der Waals surface area (Å²) in [4.78, 5) is 12.6. The van der Waals surface area contributed by atoms with Crippen LogP contribution < -0.4 is 10.1 Å². The van der Waals surface area contributed by atoms with E-state index >= 15 is 0 Å². The van der Waals surface area contributed by atoms with Crippen LogP contribution in [-0.4, -0.2) is 84.5 Å². The van der Waals surface area contributed by atoms with E-state index in [1.54, 1.807) is 21.0 Å². The van der Waals surface area contributed by atoms with Crippen LogP contribution in [0, 0.1) is 0 Å². The van der Waals surface area contributed by atoms with E-state index < -0.39 is 52.9 Å². The van der Waals surface area contributed by atoms with Gasteiger partial charge in [0.25, 0.3) is 0 Å². The molecule has 3 rings (SSSR count). The molecule has 2 saturated heterocycles. The number of halogens is 3. The van der Waals surface area contributed by atoms with Crippen LogP contribution in [0.2, 0.25) is 0 Å². The lowest BCUT2D eigenvalue weighted by Crippen LogP contribution is -2.68.